The summed E-state index contributed by atoms with van der Waals surface area (Å²) in [6, 6.07) is 3.10. The molecule has 0 aliphatic rings. The van der Waals surface area contributed by atoms with E-state index in [2.05, 4.69) is 4.98 Å². The summed E-state index contributed by atoms with van der Waals surface area (Å²) in [5.74, 6) is 0. The molecule has 0 aliphatic carbocycles. The van der Waals surface area contributed by atoms with Crippen LogP contribution in [0.3, 0.4) is 0 Å². The van der Waals surface area contributed by atoms with Crippen molar-refractivity contribution < 1.29 is 14.8 Å². The highest BCUT2D eigenvalue weighted by molar-refractivity contribution is 5.34. The number of pyridine rings is 1. The lowest BCUT2D eigenvalue weighted by molar-refractivity contribution is -0.385. The van der Waals surface area contributed by atoms with Gasteiger partial charge in [-0.1, -0.05) is 0 Å². The van der Waals surface area contributed by atoms with E-state index in [9.17, 15) is 10.1 Å². The fraction of sp³-hybridized carbons (Fsp3) is 0.250. The molecule has 1 rings (SSSR count). The predicted octanol–water partition coefficient (Wildman–Crippen LogP) is 1.31. The number of aryl methyl sites for hydroxylation is 2. The van der Waals surface area contributed by atoms with Gasteiger partial charge < -0.3 is 5.11 Å². The molecule has 14 heavy (non-hydrogen) atoms. The van der Waals surface area contributed by atoms with Crippen molar-refractivity contribution >= 4 is 12.2 Å². The van der Waals surface area contributed by atoms with Crippen LogP contribution in [0.4, 0.5) is 5.69 Å². The Morgan fingerprint density at radius 1 is 1.50 bits per heavy atom. The number of hydrogen-bond donors (Lipinski definition) is 1. The van der Waals surface area contributed by atoms with Crippen LogP contribution < -0.4 is 0 Å². The standard InChI is InChI=1S/C7H8N2O2.CH2O2/c1-5-3-4-7(9(10)11)6(2)8-5;2-1-3/h3-4H,1-2H3;1H,(H,2,3). The number of carbonyl (C=O) groups is 1. The average Bonchev–Trinajstić information content (AvgIpc) is 2.04. The largest absolute Gasteiger partial charge is 0.483 e. The molecule has 0 spiro atoms. The highest BCUT2D eigenvalue weighted by Gasteiger charge is 2.09. The summed E-state index contributed by atoms with van der Waals surface area (Å²) in [6.45, 7) is 3.18. The molecule has 0 aromatic carbocycles. The normalized spacial score (nSPS) is 8.43. The minimum absolute atomic E-state index is 0.0793. The van der Waals surface area contributed by atoms with E-state index in [1.165, 1.54) is 6.07 Å². The number of rotatable bonds is 1. The second kappa shape index (κ2) is 5.63. The molecule has 1 N–H and O–H groups in total. The molecule has 0 bridgehead atoms. The molecule has 0 atom stereocenters. The Labute approximate surface area is 80.4 Å². The van der Waals surface area contributed by atoms with E-state index < -0.39 is 4.92 Å². The third kappa shape index (κ3) is 3.61. The number of hydrogen-bond acceptors (Lipinski definition) is 4. The van der Waals surface area contributed by atoms with Gasteiger partial charge >= 0.3 is 0 Å². The summed E-state index contributed by atoms with van der Waals surface area (Å²) in [5.41, 5.74) is 1.35. The maximum atomic E-state index is 10.3. The zero-order valence-corrected chi connectivity index (χ0v) is 7.80. The van der Waals surface area contributed by atoms with Crippen LogP contribution >= 0.6 is 0 Å². The van der Waals surface area contributed by atoms with Crippen molar-refractivity contribution in [2.75, 3.05) is 0 Å². The van der Waals surface area contributed by atoms with Crippen molar-refractivity contribution in [1.29, 1.82) is 0 Å². The van der Waals surface area contributed by atoms with E-state index in [-0.39, 0.29) is 12.2 Å². The summed E-state index contributed by atoms with van der Waals surface area (Å²) in [7, 11) is 0. The van der Waals surface area contributed by atoms with Gasteiger partial charge in [-0.05, 0) is 19.9 Å². The van der Waals surface area contributed by atoms with Crippen LogP contribution in [0.25, 0.3) is 0 Å². The molecule has 6 heteroatoms. The summed E-state index contributed by atoms with van der Waals surface area (Å²) >= 11 is 0. The first kappa shape index (κ1) is 12.0. The van der Waals surface area contributed by atoms with Crippen molar-refractivity contribution in [3.63, 3.8) is 0 Å². The van der Waals surface area contributed by atoms with E-state index in [1.54, 1.807) is 19.9 Å². The third-order valence-electron chi connectivity index (χ3n) is 1.39. The number of nitrogens with zero attached hydrogens (tertiary/aromatic N) is 2. The lowest BCUT2D eigenvalue weighted by atomic mass is 10.3. The SMILES string of the molecule is Cc1ccc([N+](=O)[O-])c(C)n1.O=CO. The molecule has 0 saturated carbocycles. The first-order valence-corrected chi connectivity index (χ1v) is 3.69. The van der Waals surface area contributed by atoms with Gasteiger partial charge in [-0.25, -0.2) is 0 Å². The molecule has 0 saturated heterocycles. The number of nitro groups is 1. The summed E-state index contributed by atoms with van der Waals surface area (Å²) < 4.78 is 0. The average molecular weight is 198 g/mol. The Balaban J connectivity index is 0.000000500. The van der Waals surface area contributed by atoms with Crippen LogP contribution in [0.15, 0.2) is 12.1 Å². The molecule has 0 radical (unpaired) electrons. The van der Waals surface area contributed by atoms with Crippen LogP contribution in [-0.4, -0.2) is 21.5 Å². The van der Waals surface area contributed by atoms with Crippen LogP contribution in [0.2, 0.25) is 0 Å². The fourth-order valence-electron chi connectivity index (χ4n) is 0.872. The van der Waals surface area contributed by atoms with Crippen LogP contribution in [0.1, 0.15) is 11.4 Å². The molecule has 76 valence electrons. The summed E-state index contributed by atoms with van der Waals surface area (Å²) in [6.07, 6.45) is 0. The Morgan fingerprint density at radius 3 is 2.36 bits per heavy atom. The first-order chi connectivity index (χ1) is 6.52. The van der Waals surface area contributed by atoms with E-state index in [0.29, 0.717) is 5.69 Å². The maximum Gasteiger partial charge on any atom is 0.290 e. The molecule has 1 aromatic heterocycles. The van der Waals surface area contributed by atoms with Crippen molar-refractivity contribution in [2.45, 2.75) is 13.8 Å². The fourth-order valence-corrected chi connectivity index (χ4v) is 0.872. The molecule has 1 aromatic rings. The number of aromatic nitrogens is 1. The third-order valence-corrected chi connectivity index (χ3v) is 1.39. The highest BCUT2D eigenvalue weighted by atomic mass is 16.6. The van der Waals surface area contributed by atoms with E-state index in [1.807, 2.05) is 0 Å². The van der Waals surface area contributed by atoms with Crippen LogP contribution in [0.5, 0.6) is 0 Å². The Hall–Kier alpha value is -1.98. The first-order valence-electron chi connectivity index (χ1n) is 3.69. The highest BCUT2D eigenvalue weighted by Crippen LogP contribution is 2.14. The molecular weight excluding hydrogens is 188 g/mol. The van der Waals surface area contributed by atoms with Crippen molar-refractivity contribution in [3.05, 3.63) is 33.6 Å². The molecule has 0 unspecified atom stereocenters. The minimum Gasteiger partial charge on any atom is -0.483 e. The van der Waals surface area contributed by atoms with Gasteiger partial charge in [-0.15, -0.1) is 0 Å². The monoisotopic (exact) mass is 198 g/mol. The molecule has 1 heterocycles. The van der Waals surface area contributed by atoms with E-state index >= 15 is 0 Å². The van der Waals surface area contributed by atoms with Gasteiger partial charge in [0.05, 0.1) is 4.92 Å². The zero-order chi connectivity index (χ0) is 11.1. The zero-order valence-electron chi connectivity index (χ0n) is 7.80. The molecule has 0 fully saturated rings. The van der Waals surface area contributed by atoms with E-state index in [0.717, 1.165) is 5.69 Å². The van der Waals surface area contributed by atoms with Crippen molar-refractivity contribution in [2.24, 2.45) is 0 Å². The topological polar surface area (TPSA) is 93.3 Å². The Bertz CT molecular complexity index is 338. The van der Waals surface area contributed by atoms with Gasteiger partial charge in [0.15, 0.2) is 0 Å². The van der Waals surface area contributed by atoms with Crippen LogP contribution in [-0.2, 0) is 4.79 Å². The Morgan fingerprint density at radius 2 is 2.00 bits per heavy atom. The minimum atomic E-state index is -0.429. The maximum absolute atomic E-state index is 10.3. The van der Waals surface area contributed by atoms with Gasteiger partial charge in [-0.3, -0.25) is 19.9 Å². The lowest BCUT2D eigenvalue weighted by Crippen LogP contribution is -1.94. The summed E-state index contributed by atoms with van der Waals surface area (Å²) in [5, 5.41) is 17.2. The van der Waals surface area contributed by atoms with Gasteiger partial charge in [0.25, 0.3) is 12.2 Å². The second-order valence-corrected chi connectivity index (χ2v) is 2.42. The van der Waals surface area contributed by atoms with Crippen LogP contribution in [0, 0.1) is 24.0 Å². The molecule has 0 aliphatic heterocycles. The van der Waals surface area contributed by atoms with Crippen molar-refractivity contribution in [3.8, 4) is 0 Å². The quantitative estimate of drug-likeness (QED) is 0.417. The van der Waals surface area contributed by atoms with Crippen molar-refractivity contribution in [1.82, 2.24) is 4.98 Å². The second-order valence-electron chi connectivity index (χ2n) is 2.42. The smallest absolute Gasteiger partial charge is 0.290 e. The molecular formula is C8H10N2O4. The molecule has 6 nitrogen and oxygen atoms in total. The summed E-state index contributed by atoms with van der Waals surface area (Å²) in [4.78, 5) is 22.2. The van der Waals surface area contributed by atoms with Gasteiger partial charge in [-0.2, -0.15) is 0 Å². The van der Waals surface area contributed by atoms with E-state index in [4.69, 9.17) is 9.90 Å². The van der Waals surface area contributed by atoms with Gasteiger partial charge in [0, 0.05) is 11.8 Å². The number of carboxylic acid groups (broad SMARTS) is 1. The molecule has 0 amide bonds. The van der Waals surface area contributed by atoms with Gasteiger partial charge in [0.2, 0.25) is 0 Å². The lowest BCUT2D eigenvalue weighted by Gasteiger charge is -1.95. The predicted molar refractivity (Wildman–Crippen MR) is 49.1 cm³/mol. The Kier molecular flexibility index (Phi) is 4.83. The van der Waals surface area contributed by atoms with Gasteiger partial charge in [0.1, 0.15) is 5.69 Å².